The van der Waals surface area contributed by atoms with Gasteiger partial charge in [0.05, 0.1) is 5.56 Å². The number of carbonyl (C=O) groups is 1. The molecule has 0 atom stereocenters. The minimum atomic E-state index is -3.42. The van der Waals surface area contributed by atoms with E-state index in [2.05, 4.69) is 0 Å². The van der Waals surface area contributed by atoms with Crippen molar-refractivity contribution in [3.8, 4) is 0 Å². The number of sulfonamides is 1. The molecule has 2 aromatic rings. The highest BCUT2D eigenvalue weighted by atomic mass is 32.2. The van der Waals surface area contributed by atoms with E-state index in [1.807, 2.05) is 19.9 Å². The van der Waals surface area contributed by atoms with Gasteiger partial charge in [-0.15, -0.1) is 22.7 Å². The predicted octanol–water partition coefficient (Wildman–Crippen LogP) is 2.57. The average molecular weight is 371 g/mol. The van der Waals surface area contributed by atoms with E-state index in [4.69, 9.17) is 0 Å². The normalized spacial score (nSPS) is 16.7. The predicted molar refractivity (Wildman–Crippen MR) is 92.8 cm³/mol. The lowest BCUT2D eigenvalue weighted by Gasteiger charge is -2.33. The summed E-state index contributed by atoms with van der Waals surface area (Å²) in [5.74, 6) is 0.0000200. The Morgan fingerprint density at radius 3 is 2.39 bits per heavy atom. The number of piperazine rings is 1. The maximum atomic E-state index is 12.6. The molecule has 0 radical (unpaired) electrons. The molecule has 1 amide bonds. The second kappa shape index (κ2) is 6.35. The number of thiophene rings is 2. The summed E-state index contributed by atoms with van der Waals surface area (Å²) in [6.45, 7) is 5.47. The Balaban J connectivity index is 1.69. The first kappa shape index (κ1) is 16.6. The second-order valence-electron chi connectivity index (χ2n) is 5.46. The standard InChI is InChI=1S/C15H18N2O3S3/c1-11-10-13(12(2)22-11)15(18)16-5-7-17(8-6-16)23(19,20)14-4-3-9-21-14/h3-4,9-10H,5-8H2,1-2H3. The summed E-state index contributed by atoms with van der Waals surface area (Å²) in [6, 6.07) is 5.27. The van der Waals surface area contributed by atoms with E-state index in [1.54, 1.807) is 33.7 Å². The summed E-state index contributed by atoms with van der Waals surface area (Å²) in [5.41, 5.74) is 0.738. The Morgan fingerprint density at radius 1 is 1.17 bits per heavy atom. The third-order valence-corrected chi connectivity index (χ3v) is 8.12. The van der Waals surface area contributed by atoms with Crippen molar-refractivity contribution in [2.24, 2.45) is 0 Å². The highest BCUT2D eigenvalue weighted by Gasteiger charge is 2.31. The van der Waals surface area contributed by atoms with Crippen molar-refractivity contribution >= 4 is 38.6 Å². The third kappa shape index (κ3) is 3.21. The van der Waals surface area contributed by atoms with Gasteiger partial charge in [-0.1, -0.05) is 6.07 Å². The minimum absolute atomic E-state index is 0.0000200. The fraction of sp³-hybridized carbons (Fsp3) is 0.400. The molecule has 1 aliphatic rings. The van der Waals surface area contributed by atoms with Crippen LogP contribution in [0, 0.1) is 13.8 Å². The van der Waals surface area contributed by atoms with E-state index >= 15 is 0 Å². The molecule has 0 spiro atoms. The maximum absolute atomic E-state index is 12.6. The fourth-order valence-electron chi connectivity index (χ4n) is 2.68. The molecule has 1 fully saturated rings. The van der Waals surface area contributed by atoms with Gasteiger partial charge in [0, 0.05) is 35.9 Å². The van der Waals surface area contributed by atoms with Crippen molar-refractivity contribution in [2.75, 3.05) is 26.2 Å². The Kier molecular flexibility index (Phi) is 4.59. The number of hydrogen-bond acceptors (Lipinski definition) is 5. The van der Waals surface area contributed by atoms with Gasteiger partial charge in [0.1, 0.15) is 4.21 Å². The zero-order chi connectivity index (χ0) is 16.6. The van der Waals surface area contributed by atoms with E-state index in [1.165, 1.54) is 15.6 Å². The lowest BCUT2D eigenvalue weighted by atomic mass is 10.2. The van der Waals surface area contributed by atoms with Gasteiger partial charge in [-0.05, 0) is 31.4 Å². The van der Waals surface area contributed by atoms with E-state index < -0.39 is 10.0 Å². The first-order valence-corrected chi connectivity index (χ1v) is 10.4. The van der Waals surface area contributed by atoms with Crippen molar-refractivity contribution in [1.29, 1.82) is 0 Å². The van der Waals surface area contributed by atoms with Crippen LogP contribution in [0.5, 0.6) is 0 Å². The lowest BCUT2D eigenvalue weighted by molar-refractivity contribution is 0.0698. The number of rotatable bonds is 3. The largest absolute Gasteiger partial charge is 0.336 e. The molecule has 0 saturated carbocycles. The van der Waals surface area contributed by atoms with Crippen LogP contribution in [0.3, 0.4) is 0 Å². The molecule has 0 aromatic carbocycles. The number of hydrogen-bond donors (Lipinski definition) is 0. The molecule has 124 valence electrons. The van der Waals surface area contributed by atoms with E-state index in [0.29, 0.717) is 30.4 Å². The number of aryl methyl sites for hydroxylation is 2. The van der Waals surface area contributed by atoms with Gasteiger partial charge in [0.25, 0.3) is 15.9 Å². The van der Waals surface area contributed by atoms with Crippen LogP contribution in [0.4, 0.5) is 0 Å². The van der Waals surface area contributed by atoms with Gasteiger partial charge in [-0.25, -0.2) is 8.42 Å². The quantitative estimate of drug-likeness (QED) is 0.834. The number of nitrogens with zero attached hydrogens (tertiary/aromatic N) is 2. The Labute approximate surface area is 144 Å². The zero-order valence-corrected chi connectivity index (χ0v) is 15.4. The van der Waals surface area contributed by atoms with Crippen LogP contribution in [0.1, 0.15) is 20.1 Å². The van der Waals surface area contributed by atoms with E-state index in [-0.39, 0.29) is 5.91 Å². The number of amides is 1. The summed E-state index contributed by atoms with van der Waals surface area (Å²) in [6.07, 6.45) is 0. The molecule has 1 aliphatic heterocycles. The molecule has 0 aliphatic carbocycles. The molecule has 5 nitrogen and oxygen atoms in total. The van der Waals surface area contributed by atoms with Gasteiger partial charge in [0.2, 0.25) is 0 Å². The molecule has 0 bridgehead atoms. The summed E-state index contributed by atoms with van der Waals surface area (Å²) in [7, 11) is -3.42. The van der Waals surface area contributed by atoms with Crippen molar-refractivity contribution < 1.29 is 13.2 Å². The van der Waals surface area contributed by atoms with Crippen LogP contribution in [0.15, 0.2) is 27.8 Å². The van der Waals surface area contributed by atoms with Gasteiger partial charge < -0.3 is 4.90 Å². The van der Waals surface area contributed by atoms with Crippen LogP contribution in [0.25, 0.3) is 0 Å². The van der Waals surface area contributed by atoms with Gasteiger partial charge in [-0.3, -0.25) is 4.79 Å². The summed E-state index contributed by atoms with van der Waals surface area (Å²) in [5, 5.41) is 1.76. The molecule has 23 heavy (non-hydrogen) atoms. The SMILES string of the molecule is Cc1cc(C(=O)N2CCN(S(=O)(=O)c3cccs3)CC2)c(C)s1. The highest BCUT2D eigenvalue weighted by Crippen LogP contribution is 2.25. The average Bonchev–Trinajstić information content (AvgIpc) is 3.17. The molecular formula is C15H18N2O3S3. The molecule has 1 saturated heterocycles. The van der Waals surface area contributed by atoms with Gasteiger partial charge >= 0.3 is 0 Å². The van der Waals surface area contributed by atoms with Crippen molar-refractivity contribution in [2.45, 2.75) is 18.1 Å². The molecule has 2 aromatic heterocycles. The molecule has 3 heterocycles. The van der Waals surface area contributed by atoms with Crippen molar-refractivity contribution in [3.63, 3.8) is 0 Å². The molecule has 8 heteroatoms. The second-order valence-corrected chi connectivity index (χ2v) is 10.0. The Bertz CT molecular complexity index is 801. The first-order valence-electron chi connectivity index (χ1n) is 7.29. The fourth-order valence-corrected chi connectivity index (χ4v) is 6.17. The van der Waals surface area contributed by atoms with Crippen molar-refractivity contribution in [3.05, 3.63) is 38.9 Å². The number of carbonyl (C=O) groups excluding carboxylic acids is 1. The molecular weight excluding hydrogens is 352 g/mol. The van der Waals surface area contributed by atoms with Gasteiger partial charge in [-0.2, -0.15) is 4.31 Å². The van der Waals surface area contributed by atoms with Crippen LogP contribution in [-0.2, 0) is 10.0 Å². The maximum Gasteiger partial charge on any atom is 0.255 e. The van der Waals surface area contributed by atoms with E-state index in [0.717, 1.165) is 15.3 Å². The monoisotopic (exact) mass is 370 g/mol. The minimum Gasteiger partial charge on any atom is -0.336 e. The van der Waals surface area contributed by atoms with Gasteiger partial charge in [0.15, 0.2) is 0 Å². The molecule has 0 N–H and O–H groups in total. The summed E-state index contributed by atoms with van der Waals surface area (Å²) < 4.78 is 26.8. The zero-order valence-electron chi connectivity index (χ0n) is 13.0. The third-order valence-electron chi connectivity index (χ3n) is 3.89. The molecule has 3 rings (SSSR count). The highest BCUT2D eigenvalue weighted by molar-refractivity contribution is 7.91. The first-order chi connectivity index (χ1) is 10.9. The van der Waals surface area contributed by atoms with Crippen LogP contribution in [-0.4, -0.2) is 49.7 Å². The lowest BCUT2D eigenvalue weighted by Crippen LogP contribution is -2.50. The smallest absolute Gasteiger partial charge is 0.255 e. The Morgan fingerprint density at radius 2 is 1.87 bits per heavy atom. The topological polar surface area (TPSA) is 57.7 Å². The van der Waals surface area contributed by atoms with Crippen LogP contribution in [0.2, 0.25) is 0 Å². The summed E-state index contributed by atoms with van der Waals surface area (Å²) in [4.78, 5) is 16.5. The van der Waals surface area contributed by atoms with Crippen molar-refractivity contribution in [1.82, 2.24) is 9.21 Å². The van der Waals surface area contributed by atoms with E-state index in [9.17, 15) is 13.2 Å². The molecule has 0 unspecified atom stereocenters. The summed E-state index contributed by atoms with van der Waals surface area (Å²) >= 11 is 2.84. The van der Waals surface area contributed by atoms with Crippen LogP contribution < -0.4 is 0 Å². The van der Waals surface area contributed by atoms with Crippen LogP contribution >= 0.6 is 22.7 Å². The Hall–Kier alpha value is -1.22.